The van der Waals surface area contributed by atoms with Crippen LogP contribution in [0.1, 0.15) is 36.3 Å². The minimum Gasteiger partial charge on any atom is -0.507 e. The maximum absolute atomic E-state index is 13.2. The first-order valence-corrected chi connectivity index (χ1v) is 11.6. The van der Waals surface area contributed by atoms with Crippen molar-refractivity contribution < 1.29 is 33.8 Å². The maximum atomic E-state index is 13.2. The highest BCUT2D eigenvalue weighted by Crippen LogP contribution is 2.45. The number of rotatable bonds is 7. The number of halogens is 1. The first-order chi connectivity index (χ1) is 16.8. The van der Waals surface area contributed by atoms with Gasteiger partial charge in [0.1, 0.15) is 17.3 Å². The molecule has 0 unspecified atom stereocenters. The lowest BCUT2D eigenvalue weighted by Crippen LogP contribution is -2.29. The minimum atomic E-state index is -1.07. The molecule has 10 heteroatoms. The number of methoxy groups -OCH3 is 1. The summed E-state index contributed by atoms with van der Waals surface area (Å²) < 4.78 is 16.3. The molecule has 1 aromatic heterocycles. The van der Waals surface area contributed by atoms with Crippen LogP contribution in [0.2, 0.25) is 0 Å². The third kappa shape index (κ3) is 4.49. The fourth-order valence-electron chi connectivity index (χ4n) is 3.84. The van der Waals surface area contributed by atoms with E-state index in [0.29, 0.717) is 29.2 Å². The molecule has 1 fully saturated rings. The van der Waals surface area contributed by atoms with Gasteiger partial charge in [-0.15, -0.1) is 0 Å². The standard InChI is InChI=1S/C25H23BrN2O7/c1-4-9-34-16-7-5-14(6-8-16)22(29)20-21(15-11-17(26)23(30)18(12-15)33-3)28(25(32)24(20)31)19-10-13(2)35-27-19/h5-8,10-12,21,29-30H,4,9H2,1-3H3/t21-/m0/s1. The van der Waals surface area contributed by atoms with Crippen molar-refractivity contribution in [1.29, 1.82) is 0 Å². The number of aromatic nitrogens is 1. The number of aliphatic hydroxyl groups is 1. The topological polar surface area (TPSA) is 122 Å². The lowest BCUT2D eigenvalue weighted by atomic mass is 9.95. The molecular formula is C25H23BrN2O7. The van der Waals surface area contributed by atoms with Gasteiger partial charge in [0.2, 0.25) is 0 Å². The molecule has 3 aromatic rings. The normalized spacial score (nSPS) is 17.1. The summed E-state index contributed by atoms with van der Waals surface area (Å²) in [5, 5.41) is 25.4. The fraction of sp³-hybridized carbons (Fsp3) is 0.240. The van der Waals surface area contributed by atoms with Gasteiger partial charge in [0, 0.05) is 11.6 Å². The summed E-state index contributed by atoms with van der Waals surface area (Å²) in [5.74, 6) is -0.986. The molecule has 2 aromatic carbocycles. The molecule has 2 heterocycles. The Hall–Kier alpha value is -3.79. The highest BCUT2D eigenvalue weighted by atomic mass is 79.9. The number of carbonyl (C=O) groups excluding carboxylic acids is 2. The van der Waals surface area contributed by atoms with E-state index < -0.39 is 17.7 Å². The fourth-order valence-corrected chi connectivity index (χ4v) is 4.30. The van der Waals surface area contributed by atoms with E-state index in [-0.39, 0.29) is 33.1 Å². The zero-order valence-electron chi connectivity index (χ0n) is 19.2. The number of hydrogen-bond donors (Lipinski definition) is 2. The number of Topliss-reactive ketones (excluding diaryl/α,β-unsaturated/α-hetero) is 1. The molecule has 0 radical (unpaired) electrons. The quantitative estimate of drug-likeness (QED) is 0.246. The zero-order chi connectivity index (χ0) is 25.3. The number of ether oxygens (including phenoxy) is 2. The highest BCUT2D eigenvalue weighted by molar-refractivity contribution is 9.10. The Bertz CT molecular complexity index is 1310. The number of ketones is 1. The predicted molar refractivity (Wildman–Crippen MR) is 131 cm³/mol. The summed E-state index contributed by atoms with van der Waals surface area (Å²) in [6, 6.07) is 10.1. The Kier molecular flexibility index (Phi) is 6.83. The molecule has 1 aliphatic rings. The average Bonchev–Trinajstić information content (AvgIpc) is 3.39. The summed E-state index contributed by atoms with van der Waals surface area (Å²) in [6.07, 6.45) is 0.846. The third-order valence-corrected chi connectivity index (χ3v) is 6.10. The summed E-state index contributed by atoms with van der Waals surface area (Å²) in [5.41, 5.74) is 0.589. The number of aliphatic hydroxyl groups excluding tert-OH is 1. The van der Waals surface area contributed by atoms with Crippen LogP contribution in [0.4, 0.5) is 5.82 Å². The summed E-state index contributed by atoms with van der Waals surface area (Å²) in [4.78, 5) is 27.5. The molecule has 1 aliphatic heterocycles. The second kappa shape index (κ2) is 9.83. The van der Waals surface area contributed by atoms with Crippen LogP contribution in [0.5, 0.6) is 17.2 Å². The Morgan fingerprint density at radius 1 is 1.20 bits per heavy atom. The van der Waals surface area contributed by atoms with Gasteiger partial charge in [0.15, 0.2) is 17.3 Å². The number of carbonyl (C=O) groups is 2. The van der Waals surface area contributed by atoms with Crippen LogP contribution in [-0.4, -0.2) is 40.8 Å². The number of phenolic OH excluding ortho intramolecular Hbond substituents is 1. The van der Waals surface area contributed by atoms with Crippen LogP contribution in [0.3, 0.4) is 0 Å². The van der Waals surface area contributed by atoms with Gasteiger partial charge in [0.05, 0.1) is 29.8 Å². The molecule has 1 atom stereocenters. The van der Waals surface area contributed by atoms with E-state index in [1.54, 1.807) is 37.3 Å². The van der Waals surface area contributed by atoms with Crippen molar-refractivity contribution in [1.82, 2.24) is 5.16 Å². The second-order valence-electron chi connectivity index (χ2n) is 7.89. The number of nitrogens with zero attached hydrogens (tertiary/aromatic N) is 2. The SMILES string of the molecule is CCCOc1ccc(C(O)=C2C(=O)C(=O)N(c3cc(C)on3)[C@H]2c2cc(Br)c(O)c(OC)c2)cc1. The van der Waals surface area contributed by atoms with Crippen molar-refractivity contribution >= 4 is 39.2 Å². The Labute approximate surface area is 209 Å². The zero-order valence-corrected chi connectivity index (χ0v) is 20.8. The van der Waals surface area contributed by atoms with E-state index in [2.05, 4.69) is 21.1 Å². The van der Waals surface area contributed by atoms with E-state index in [9.17, 15) is 19.8 Å². The number of anilines is 1. The van der Waals surface area contributed by atoms with E-state index in [1.807, 2.05) is 6.92 Å². The Balaban J connectivity index is 1.90. The van der Waals surface area contributed by atoms with Crippen molar-refractivity contribution in [2.75, 3.05) is 18.6 Å². The van der Waals surface area contributed by atoms with Gasteiger partial charge in [-0.1, -0.05) is 12.1 Å². The molecule has 182 valence electrons. The van der Waals surface area contributed by atoms with Crippen LogP contribution in [0, 0.1) is 6.92 Å². The number of amides is 1. The van der Waals surface area contributed by atoms with Gasteiger partial charge < -0.3 is 24.2 Å². The molecular weight excluding hydrogens is 520 g/mol. The highest BCUT2D eigenvalue weighted by Gasteiger charge is 2.48. The average molecular weight is 543 g/mol. The van der Waals surface area contributed by atoms with Gasteiger partial charge in [0.25, 0.3) is 5.78 Å². The van der Waals surface area contributed by atoms with Gasteiger partial charge in [-0.05, 0) is 71.2 Å². The number of aromatic hydroxyl groups is 1. The van der Waals surface area contributed by atoms with Gasteiger partial charge in [-0.2, -0.15) is 0 Å². The minimum absolute atomic E-state index is 0.111. The number of phenols is 1. The molecule has 0 bridgehead atoms. The molecule has 4 rings (SSSR count). The van der Waals surface area contributed by atoms with Gasteiger partial charge >= 0.3 is 5.91 Å². The van der Waals surface area contributed by atoms with Crippen molar-refractivity contribution in [3.05, 3.63) is 69.4 Å². The van der Waals surface area contributed by atoms with E-state index in [0.717, 1.165) is 11.3 Å². The molecule has 0 spiro atoms. The Morgan fingerprint density at radius 2 is 1.91 bits per heavy atom. The molecule has 9 nitrogen and oxygen atoms in total. The molecule has 0 aliphatic carbocycles. The number of aryl methyl sites for hydroxylation is 1. The predicted octanol–water partition coefficient (Wildman–Crippen LogP) is 4.87. The third-order valence-electron chi connectivity index (χ3n) is 5.49. The largest absolute Gasteiger partial charge is 0.507 e. The second-order valence-corrected chi connectivity index (χ2v) is 8.75. The van der Waals surface area contributed by atoms with E-state index in [1.165, 1.54) is 19.2 Å². The first-order valence-electron chi connectivity index (χ1n) is 10.8. The summed E-state index contributed by atoms with van der Waals surface area (Å²) in [6.45, 7) is 4.20. The van der Waals surface area contributed by atoms with Crippen LogP contribution in [0.15, 0.2) is 57.0 Å². The maximum Gasteiger partial charge on any atom is 0.301 e. The molecule has 2 N–H and O–H groups in total. The Morgan fingerprint density at radius 3 is 2.51 bits per heavy atom. The molecule has 1 amide bonds. The van der Waals surface area contributed by atoms with E-state index >= 15 is 0 Å². The number of hydrogen-bond acceptors (Lipinski definition) is 8. The van der Waals surface area contributed by atoms with Crippen LogP contribution in [-0.2, 0) is 9.59 Å². The first kappa shape index (κ1) is 24.3. The lowest BCUT2D eigenvalue weighted by molar-refractivity contribution is -0.132. The number of benzene rings is 2. The van der Waals surface area contributed by atoms with Gasteiger partial charge in [-0.3, -0.25) is 14.5 Å². The van der Waals surface area contributed by atoms with Crippen molar-refractivity contribution in [3.63, 3.8) is 0 Å². The van der Waals surface area contributed by atoms with Crippen LogP contribution < -0.4 is 14.4 Å². The van der Waals surface area contributed by atoms with Crippen LogP contribution in [0.25, 0.3) is 5.76 Å². The summed E-state index contributed by atoms with van der Waals surface area (Å²) in [7, 11) is 1.38. The summed E-state index contributed by atoms with van der Waals surface area (Å²) >= 11 is 3.28. The van der Waals surface area contributed by atoms with Crippen molar-refractivity contribution in [2.45, 2.75) is 26.3 Å². The molecule has 0 saturated carbocycles. The van der Waals surface area contributed by atoms with Gasteiger partial charge in [-0.25, -0.2) is 0 Å². The monoisotopic (exact) mass is 542 g/mol. The smallest absolute Gasteiger partial charge is 0.301 e. The van der Waals surface area contributed by atoms with Crippen molar-refractivity contribution in [2.24, 2.45) is 0 Å². The van der Waals surface area contributed by atoms with Crippen molar-refractivity contribution in [3.8, 4) is 17.2 Å². The molecule has 35 heavy (non-hydrogen) atoms. The van der Waals surface area contributed by atoms with Crippen LogP contribution >= 0.6 is 15.9 Å². The lowest BCUT2D eigenvalue weighted by Gasteiger charge is -2.23. The molecule has 1 saturated heterocycles. The van der Waals surface area contributed by atoms with E-state index in [4.69, 9.17) is 14.0 Å².